The van der Waals surface area contributed by atoms with Gasteiger partial charge in [0.25, 0.3) is 0 Å². The predicted molar refractivity (Wildman–Crippen MR) is 145 cm³/mol. The SMILES string of the molecule is Cc1cc(/C=C/CN(Cc2ccccc2)c2cccc(C(=N)N)c2)ccc1C(=O)c1ccccc1. The number of nitrogens with one attached hydrogen (secondary N) is 1. The highest BCUT2D eigenvalue weighted by molar-refractivity contribution is 6.10. The highest BCUT2D eigenvalue weighted by Crippen LogP contribution is 2.20. The van der Waals surface area contributed by atoms with Crippen LogP contribution in [-0.2, 0) is 6.54 Å². The Balaban J connectivity index is 1.53. The van der Waals surface area contributed by atoms with Gasteiger partial charge in [-0.05, 0) is 35.7 Å². The molecule has 0 saturated heterocycles. The van der Waals surface area contributed by atoms with Crippen molar-refractivity contribution >= 4 is 23.4 Å². The van der Waals surface area contributed by atoms with Crippen molar-refractivity contribution in [1.82, 2.24) is 0 Å². The predicted octanol–water partition coefficient (Wildman–Crippen LogP) is 6.23. The summed E-state index contributed by atoms with van der Waals surface area (Å²) >= 11 is 0. The number of hydrogen-bond acceptors (Lipinski definition) is 3. The van der Waals surface area contributed by atoms with Crippen LogP contribution in [0.1, 0.15) is 38.2 Å². The third-order valence-electron chi connectivity index (χ3n) is 5.91. The van der Waals surface area contributed by atoms with Gasteiger partial charge in [0.05, 0.1) is 0 Å². The molecule has 4 heteroatoms. The van der Waals surface area contributed by atoms with E-state index in [0.717, 1.165) is 28.9 Å². The summed E-state index contributed by atoms with van der Waals surface area (Å²) < 4.78 is 0. The molecule has 3 N–H and O–H groups in total. The number of rotatable bonds is 9. The maximum absolute atomic E-state index is 12.8. The van der Waals surface area contributed by atoms with E-state index in [9.17, 15) is 4.79 Å². The number of hydrogen-bond donors (Lipinski definition) is 2. The molecule has 0 bridgehead atoms. The van der Waals surface area contributed by atoms with Gasteiger partial charge in [-0.3, -0.25) is 10.2 Å². The Morgan fingerprint density at radius 1 is 0.857 bits per heavy atom. The zero-order valence-corrected chi connectivity index (χ0v) is 19.8. The van der Waals surface area contributed by atoms with Gasteiger partial charge in [0.1, 0.15) is 5.84 Å². The number of aryl methyl sites for hydroxylation is 1. The zero-order chi connectivity index (χ0) is 24.6. The smallest absolute Gasteiger partial charge is 0.193 e. The molecule has 0 fully saturated rings. The first-order valence-corrected chi connectivity index (χ1v) is 11.6. The fourth-order valence-electron chi connectivity index (χ4n) is 4.04. The lowest BCUT2D eigenvalue weighted by Crippen LogP contribution is -2.23. The Kier molecular flexibility index (Phi) is 7.53. The molecule has 174 valence electrons. The normalized spacial score (nSPS) is 10.9. The van der Waals surface area contributed by atoms with E-state index < -0.39 is 0 Å². The first-order chi connectivity index (χ1) is 17.0. The fourth-order valence-corrected chi connectivity index (χ4v) is 4.04. The summed E-state index contributed by atoms with van der Waals surface area (Å²) in [6.45, 7) is 3.39. The summed E-state index contributed by atoms with van der Waals surface area (Å²) in [7, 11) is 0. The monoisotopic (exact) mass is 459 g/mol. The summed E-state index contributed by atoms with van der Waals surface area (Å²) in [4.78, 5) is 15.1. The first kappa shape index (κ1) is 23.7. The molecule has 0 radical (unpaired) electrons. The van der Waals surface area contributed by atoms with E-state index in [1.165, 1.54) is 5.56 Å². The number of benzene rings is 4. The van der Waals surface area contributed by atoms with Crippen LogP contribution in [0.4, 0.5) is 5.69 Å². The molecule has 0 saturated carbocycles. The van der Waals surface area contributed by atoms with E-state index in [2.05, 4.69) is 29.2 Å². The molecule has 0 aromatic heterocycles. The third kappa shape index (κ3) is 6.12. The standard InChI is InChI=1S/C31H29N3O/c1-23-20-24(17-18-29(23)30(35)26-13-6-3-7-14-26)12-9-19-34(22-25-10-4-2-5-11-25)28-16-8-15-27(21-28)31(32)33/h2-18,20-21H,19,22H2,1H3,(H3,32,33)/b12-9+. The van der Waals surface area contributed by atoms with Crippen LogP contribution in [0.25, 0.3) is 6.08 Å². The topological polar surface area (TPSA) is 70.2 Å². The van der Waals surface area contributed by atoms with Crippen LogP contribution in [0.15, 0.2) is 109 Å². The molecule has 0 atom stereocenters. The van der Waals surface area contributed by atoms with Gasteiger partial charge < -0.3 is 10.6 Å². The molecule has 4 aromatic rings. The van der Waals surface area contributed by atoms with Crippen LogP contribution >= 0.6 is 0 Å². The van der Waals surface area contributed by atoms with E-state index >= 15 is 0 Å². The zero-order valence-electron chi connectivity index (χ0n) is 19.8. The van der Waals surface area contributed by atoms with Crippen LogP contribution in [0.2, 0.25) is 0 Å². The molecule has 0 amide bonds. The Hall–Kier alpha value is -4.44. The van der Waals surface area contributed by atoms with E-state index in [4.69, 9.17) is 11.1 Å². The van der Waals surface area contributed by atoms with Gasteiger partial charge in [0.2, 0.25) is 0 Å². The molecular weight excluding hydrogens is 430 g/mol. The summed E-state index contributed by atoms with van der Waals surface area (Å²) in [6, 6.07) is 33.4. The van der Waals surface area contributed by atoms with Crippen molar-refractivity contribution in [1.29, 1.82) is 5.41 Å². The Labute approximate surface area is 206 Å². The minimum Gasteiger partial charge on any atom is -0.384 e. The quantitative estimate of drug-likeness (QED) is 0.177. The molecule has 0 unspecified atom stereocenters. The van der Waals surface area contributed by atoms with Gasteiger partial charge in [-0.15, -0.1) is 0 Å². The number of nitrogens with two attached hydrogens (primary N) is 1. The summed E-state index contributed by atoms with van der Waals surface area (Å²) in [5.41, 5.74) is 12.1. The molecule has 35 heavy (non-hydrogen) atoms. The maximum Gasteiger partial charge on any atom is 0.193 e. The van der Waals surface area contributed by atoms with Crippen molar-refractivity contribution in [2.45, 2.75) is 13.5 Å². The molecule has 0 aliphatic rings. The van der Waals surface area contributed by atoms with Crippen LogP contribution in [0.5, 0.6) is 0 Å². The third-order valence-corrected chi connectivity index (χ3v) is 5.91. The number of amidine groups is 1. The van der Waals surface area contributed by atoms with Crippen LogP contribution in [-0.4, -0.2) is 18.2 Å². The second kappa shape index (κ2) is 11.1. The lowest BCUT2D eigenvalue weighted by Gasteiger charge is -2.24. The lowest BCUT2D eigenvalue weighted by molar-refractivity contribution is 0.103. The molecule has 0 heterocycles. The Bertz CT molecular complexity index is 1340. The minimum atomic E-state index is 0.0398. The van der Waals surface area contributed by atoms with Crippen LogP contribution < -0.4 is 10.6 Å². The Morgan fingerprint density at radius 2 is 1.54 bits per heavy atom. The number of carbonyl (C=O) groups is 1. The van der Waals surface area contributed by atoms with Gasteiger partial charge in [-0.2, -0.15) is 0 Å². The van der Waals surface area contributed by atoms with E-state index in [-0.39, 0.29) is 11.6 Å². The number of anilines is 1. The van der Waals surface area contributed by atoms with Crippen molar-refractivity contribution in [3.63, 3.8) is 0 Å². The lowest BCUT2D eigenvalue weighted by atomic mass is 9.97. The number of carbonyl (C=O) groups excluding carboxylic acids is 1. The first-order valence-electron chi connectivity index (χ1n) is 11.6. The van der Waals surface area contributed by atoms with Crippen molar-refractivity contribution in [2.24, 2.45) is 5.73 Å². The average molecular weight is 460 g/mol. The maximum atomic E-state index is 12.8. The van der Waals surface area contributed by atoms with E-state index in [0.29, 0.717) is 17.7 Å². The van der Waals surface area contributed by atoms with E-state index in [1.54, 1.807) is 0 Å². The van der Waals surface area contributed by atoms with Gasteiger partial charge in [-0.1, -0.05) is 103 Å². The molecule has 4 rings (SSSR count). The number of ketones is 1. The molecule has 0 aliphatic carbocycles. The molecule has 4 aromatic carbocycles. The van der Waals surface area contributed by atoms with Crippen molar-refractivity contribution in [3.05, 3.63) is 143 Å². The van der Waals surface area contributed by atoms with Gasteiger partial charge in [-0.25, -0.2) is 0 Å². The van der Waals surface area contributed by atoms with Crippen LogP contribution in [0, 0.1) is 12.3 Å². The van der Waals surface area contributed by atoms with Crippen LogP contribution in [0.3, 0.4) is 0 Å². The highest BCUT2D eigenvalue weighted by atomic mass is 16.1. The summed E-state index contributed by atoms with van der Waals surface area (Å²) in [5, 5.41) is 7.79. The van der Waals surface area contributed by atoms with Crippen molar-refractivity contribution < 1.29 is 4.79 Å². The minimum absolute atomic E-state index is 0.0398. The fraction of sp³-hybridized carbons (Fsp3) is 0.0968. The largest absolute Gasteiger partial charge is 0.384 e. The second-order valence-corrected chi connectivity index (χ2v) is 8.50. The summed E-state index contributed by atoms with van der Waals surface area (Å²) in [6.07, 6.45) is 4.20. The van der Waals surface area contributed by atoms with Gasteiger partial charge >= 0.3 is 0 Å². The molecular formula is C31H29N3O. The molecule has 0 aliphatic heterocycles. The van der Waals surface area contributed by atoms with Crippen molar-refractivity contribution in [2.75, 3.05) is 11.4 Å². The Morgan fingerprint density at radius 3 is 2.23 bits per heavy atom. The van der Waals surface area contributed by atoms with Gasteiger partial charge in [0, 0.05) is 35.5 Å². The number of nitrogens with zero attached hydrogens (tertiary/aromatic N) is 1. The number of nitrogen functional groups attached to an aromatic ring is 1. The van der Waals surface area contributed by atoms with E-state index in [1.807, 2.05) is 97.9 Å². The molecule has 4 nitrogen and oxygen atoms in total. The highest BCUT2D eigenvalue weighted by Gasteiger charge is 2.12. The second-order valence-electron chi connectivity index (χ2n) is 8.50. The summed E-state index contributed by atoms with van der Waals surface area (Å²) in [5.74, 6) is 0.0979. The van der Waals surface area contributed by atoms with Crippen molar-refractivity contribution in [3.8, 4) is 0 Å². The van der Waals surface area contributed by atoms with Gasteiger partial charge in [0.15, 0.2) is 5.78 Å². The average Bonchev–Trinajstić information content (AvgIpc) is 2.89. The molecule has 0 spiro atoms.